The van der Waals surface area contributed by atoms with Crippen LogP contribution < -0.4 is 0 Å². The minimum atomic E-state index is -0.783. The molecule has 0 saturated carbocycles. The van der Waals surface area contributed by atoms with Gasteiger partial charge in [-0.2, -0.15) is 0 Å². The van der Waals surface area contributed by atoms with E-state index in [0.29, 0.717) is 19.3 Å². The van der Waals surface area contributed by atoms with Crippen molar-refractivity contribution in [3.8, 4) is 0 Å². The van der Waals surface area contributed by atoms with Crippen molar-refractivity contribution in [3.05, 3.63) is 85.1 Å². The van der Waals surface area contributed by atoms with Crippen LogP contribution in [0.5, 0.6) is 0 Å². The highest BCUT2D eigenvalue weighted by Gasteiger charge is 2.19. The minimum Gasteiger partial charge on any atom is -0.462 e. The number of hydrogen-bond donors (Lipinski definition) is 0. The summed E-state index contributed by atoms with van der Waals surface area (Å²) >= 11 is 0. The summed E-state index contributed by atoms with van der Waals surface area (Å²) < 4.78 is 17.0. The molecule has 0 radical (unpaired) electrons. The maximum absolute atomic E-state index is 12.9. The second-order valence-corrected chi connectivity index (χ2v) is 23.1. The fourth-order valence-corrected chi connectivity index (χ4v) is 9.93. The van der Waals surface area contributed by atoms with E-state index in [4.69, 9.17) is 14.2 Å². The Bertz CT molecular complexity index is 1520. The molecule has 0 aliphatic heterocycles. The first kappa shape index (κ1) is 76.6. The molecule has 0 spiro atoms. The van der Waals surface area contributed by atoms with E-state index in [1.165, 1.54) is 212 Å². The first-order valence-electron chi connectivity index (χ1n) is 34.6. The second-order valence-electron chi connectivity index (χ2n) is 23.1. The van der Waals surface area contributed by atoms with Gasteiger partial charge in [-0.05, 0) is 116 Å². The maximum atomic E-state index is 12.9. The van der Waals surface area contributed by atoms with E-state index in [1.807, 2.05) is 0 Å². The van der Waals surface area contributed by atoms with Crippen molar-refractivity contribution < 1.29 is 28.6 Å². The van der Waals surface area contributed by atoms with E-state index in [1.54, 1.807) is 0 Å². The largest absolute Gasteiger partial charge is 0.462 e. The Kier molecular flexibility index (Phi) is 65.2. The molecule has 1 atom stereocenters. The van der Waals surface area contributed by atoms with E-state index in [2.05, 4.69) is 106 Å². The van der Waals surface area contributed by atoms with Gasteiger partial charge in [0.05, 0.1) is 0 Å². The van der Waals surface area contributed by atoms with Gasteiger partial charge in [-0.3, -0.25) is 14.4 Å². The van der Waals surface area contributed by atoms with Crippen LogP contribution in [-0.2, 0) is 28.6 Å². The summed E-state index contributed by atoms with van der Waals surface area (Å²) in [6.07, 6.45) is 90.3. The molecule has 0 N–H and O–H groups in total. The van der Waals surface area contributed by atoms with Gasteiger partial charge >= 0.3 is 17.9 Å². The van der Waals surface area contributed by atoms with Crippen molar-refractivity contribution in [3.63, 3.8) is 0 Å². The predicted molar refractivity (Wildman–Crippen MR) is 348 cm³/mol. The molecule has 0 amide bonds. The van der Waals surface area contributed by atoms with Crippen LogP contribution in [0.3, 0.4) is 0 Å². The van der Waals surface area contributed by atoms with Crippen LogP contribution in [0.25, 0.3) is 0 Å². The number of rotatable bonds is 63. The molecule has 80 heavy (non-hydrogen) atoms. The molecule has 6 nitrogen and oxygen atoms in total. The van der Waals surface area contributed by atoms with Gasteiger partial charge in [0, 0.05) is 19.3 Å². The molecule has 0 fully saturated rings. The molecule has 462 valence electrons. The Morgan fingerprint density at radius 2 is 0.487 bits per heavy atom. The molecule has 0 aromatic heterocycles. The molecule has 6 heteroatoms. The van der Waals surface area contributed by atoms with E-state index >= 15 is 0 Å². The van der Waals surface area contributed by atoms with Crippen LogP contribution in [0.4, 0.5) is 0 Å². The summed E-state index contributed by atoms with van der Waals surface area (Å²) in [5.41, 5.74) is 0. The molecule has 0 heterocycles. The summed E-state index contributed by atoms with van der Waals surface area (Å²) in [6.45, 7) is 6.54. The highest BCUT2D eigenvalue weighted by Crippen LogP contribution is 2.17. The Morgan fingerprint density at radius 3 is 0.800 bits per heavy atom. The van der Waals surface area contributed by atoms with Crippen molar-refractivity contribution >= 4 is 17.9 Å². The van der Waals surface area contributed by atoms with Gasteiger partial charge in [0.15, 0.2) is 6.10 Å². The summed E-state index contributed by atoms with van der Waals surface area (Å²) in [6, 6.07) is 0. The molecule has 0 aliphatic carbocycles. The number of ether oxygens (including phenoxy) is 3. The number of unbranched alkanes of at least 4 members (excludes halogenated alkanes) is 38. The second kappa shape index (κ2) is 68.1. The van der Waals surface area contributed by atoms with Crippen LogP contribution in [0, 0.1) is 0 Å². The third-order valence-electron chi connectivity index (χ3n) is 15.1. The summed E-state index contributed by atoms with van der Waals surface area (Å²) in [5, 5.41) is 0. The van der Waals surface area contributed by atoms with E-state index < -0.39 is 6.10 Å². The molecular weight excluding hydrogens is 985 g/mol. The zero-order valence-electron chi connectivity index (χ0n) is 53.1. The number of esters is 3. The average molecular weight is 1120 g/mol. The quantitative estimate of drug-likeness (QED) is 0.0261. The Hall–Kier alpha value is -3.41. The molecule has 0 aliphatic rings. The smallest absolute Gasteiger partial charge is 0.306 e. The Morgan fingerprint density at radius 1 is 0.263 bits per heavy atom. The average Bonchev–Trinajstić information content (AvgIpc) is 3.46. The SMILES string of the molecule is CC/C=C\C/C=C\C/C=C\C/C=C\CCCCCCCCCCCCCCCCC(=O)OCC(COC(=O)CCCCCCC/C=C\CCCCCCCCC)OC(=O)CCCCCCCCCCC/C=C\C/C=C\CCCCC. The number of carbonyl (C=O) groups excluding carboxylic acids is 3. The normalized spacial score (nSPS) is 12.6. The third-order valence-corrected chi connectivity index (χ3v) is 15.1. The third kappa shape index (κ3) is 65.4. The topological polar surface area (TPSA) is 78.9 Å². The molecule has 0 saturated heterocycles. The molecule has 0 aromatic carbocycles. The number of carbonyl (C=O) groups is 3. The first-order valence-corrected chi connectivity index (χ1v) is 34.6. The summed E-state index contributed by atoms with van der Waals surface area (Å²) in [5.74, 6) is -0.874. The van der Waals surface area contributed by atoms with Crippen molar-refractivity contribution in [1.29, 1.82) is 0 Å². The molecule has 0 aromatic rings. The van der Waals surface area contributed by atoms with E-state index in [9.17, 15) is 14.4 Å². The van der Waals surface area contributed by atoms with Gasteiger partial charge in [0.25, 0.3) is 0 Å². The Balaban J connectivity index is 4.31. The highest BCUT2D eigenvalue weighted by molar-refractivity contribution is 5.71. The lowest BCUT2D eigenvalue weighted by Gasteiger charge is -2.18. The van der Waals surface area contributed by atoms with Crippen LogP contribution in [-0.4, -0.2) is 37.2 Å². The van der Waals surface area contributed by atoms with Crippen LogP contribution in [0.15, 0.2) is 85.1 Å². The lowest BCUT2D eigenvalue weighted by atomic mass is 10.0. The predicted octanol–water partition coefficient (Wildman–Crippen LogP) is 23.8. The monoisotopic (exact) mass is 1110 g/mol. The van der Waals surface area contributed by atoms with E-state index in [-0.39, 0.29) is 31.1 Å². The van der Waals surface area contributed by atoms with Gasteiger partial charge < -0.3 is 14.2 Å². The Labute approximate surface area is 496 Å². The van der Waals surface area contributed by atoms with Crippen molar-refractivity contribution in [1.82, 2.24) is 0 Å². The van der Waals surface area contributed by atoms with Crippen molar-refractivity contribution in [2.75, 3.05) is 13.2 Å². The summed E-state index contributed by atoms with van der Waals surface area (Å²) in [4.78, 5) is 38.4. The van der Waals surface area contributed by atoms with Gasteiger partial charge in [0.1, 0.15) is 13.2 Å². The fourth-order valence-electron chi connectivity index (χ4n) is 9.93. The van der Waals surface area contributed by atoms with Crippen molar-refractivity contribution in [2.24, 2.45) is 0 Å². The highest BCUT2D eigenvalue weighted by atomic mass is 16.6. The standard InChI is InChI=1S/C74H130O6/c1-4-7-10-13-16-19-22-25-28-31-33-34-35-36-37-38-39-40-42-43-46-49-52-55-58-61-64-67-73(76)79-70-71(69-78-72(75)66-63-60-57-54-51-48-45-30-27-24-21-18-15-12-9-6-3)80-74(77)68-65-62-59-56-53-50-47-44-41-32-29-26-23-20-17-14-11-8-5-2/h7,10,16-17,19-20,25-26,28-30,33-34,45,71H,4-6,8-9,11-15,18,21-24,27,31-32,35-44,46-70H2,1-3H3/b10-7-,19-16-,20-17-,28-25-,29-26-,34-33-,45-30-. The number of hydrogen-bond acceptors (Lipinski definition) is 6. The van der Waals surface area contributed by atoms with Gasteiger partial charge in [0.2, 0.25) is 0 Å². The number of allylic oxidation sites excluding steroid dienone is 14. The zero-order valence-corrected chi connectivity index (χ0v) is 53.1. The van der Waals surface area contributed by atoms with Crippen LogP contribution in [0.2, 0.25) is 0 Å². The van der Waals surface area contributed by atoms with Crippen LogP contribution >= 0.6 is 0 Å². The van der Waals surface area contributed by atoms with Crippen LogP contribution in [0.1, 0.15) is 348 Å². The maximum Gasteiger partial charge on any atom is 0.306 e. The molecular formula is C74H130O6. The first-order chi connectivity index (χ1) is 39.5. The zero-order chi connectivity index (χ0) is 57.8. The lowest BCUT2D eigenvalue weighted by molar-refractivity contribution is -0.167. The lowest BCUT2D eigenvalue weighted by Crippen LogP contribution is -2.30. The fraction of sp³-hybridized carbons (Fsp3) is 0.770. The van der Waals surface area contributed by atoms with Gasteiger partial charge in [-0.1, -0.05) is 298 Å². The molecule has 1 unspecified atom stereocenters. The van der Waals surface area contributed by atoms with Gasteiger partial charge in [-0.25, -0.2) is 0 Å². The van der Waals surface area contributed by atoms with Crippen molar-refractivity contribution in [2.45, 2.75) is 354 Å². The van der Waals surface area contributed by atoms with E-state index in [0.717, 1.165) is 96.3 Å². The van der Waals surface area contributed by atoms with Gasteiger partial charge in [-0.15, -0.1) is 0 Å². The minimum absolute atomic E-state index is 0.0785. The molecule has 0 rings (SSSR count). The molecule has 0 bridgehead atoms. The summed E-state index contributed by atoms with van der Waals surface area (Å²) in [7, 11) is 0.